The van der Waals surface area contributed by atoms with Gasteiger partial charge >= 0.3 is 0 Å². The highest BCUT2D eigenvalue weighted by atomic mass is 79.9. The van der Waals surface area contributed by atoms with E-state index in [9.17, 15) is 13.2 Å². The highest BCUT2D eigenvalue weighted by Crippen LogP contribution is 2.27. The Labute approximate surface area is 167 Å². The van der Waals surface area contributed by atoms with Gasteiger partial charge in [-0.1, -0.05) is 6.07 Å². The van der Waals surface area contributed by atoms with Gasteiger partial charge in [-0.25, -0.2) is 13.1 Å². The van der Waals surface area contributed by atoms with Crippen molar-refractivity contribution in [3.05, 3.63) is 52.0 Å². The average molecular weight is 457 g/mol. The lowest BCUT2D eigenvalue weighted by molar-refractivity contribution is 0.0953. The van der Waals surface area contributed by atoms with Gasteiger partial charge in [0.15, 0.2) is 11.5 Å². The molecular formula is C18H21BrN2O5S. The van der Waals surface area contributed by atoms with Crippen molar-refractivity contribution in [2.24, 2.45) is 0 Å². The maximum atomic E-state index is 12.4. The molecule has 0 atom stereocenters. The van der Waals surface area contributed by atoms with Gasteiger partial charge in [-0.15, -0.1) is 0 Å². The summed E-state index contributed by atoms with van der Waals surface area (Å²) in [6.07, 6.45) is 0.582. The molecule has 0 heterocycles. The second-order valence-corrected chi connectivity index (χ2v) is 8.29. The molecule has 7 nitrogen and oxygen atoms in total. The number of halogens is 1. The molecule has 0 unspecified atom stereocenters. The molecule has 0 radical (unpaired) electrons. The van der Waals surface area contributed by atoms with E-state index >= 15 is 0 Å². The van der Waals surface area contributed by atoms with E-state index in [0.717, 1.165) is 5.56 Å². The van der Waals surface area contributed by atoms with Crippen LogP contribution in [0.2, 0.25) is 0 Å². The van der Waals surface area contributed by atoms with Gasteiger partial charge in [-0.3, -0.25) is 4.79 Å². The van der Waals surface area contributed by atoms with E-state index in [-0.39, 0.29) is 16.4 Å². The molecule has 0 aliphatic heterocycles. The predicted molar refractivity (Wildman–Crippen MR) is 106 cm³/mol. The van der Waals surface area contributed by atoms with Gasteiger partial charge in [0.25, 0.3) is 5.91 Å². The Morgan fingerprint density at radius 3 is 2.41 bits per heavy atom. The summed E-state index contributed by atoms with van der Waals surface area (Å²) in [6, 6.07) is 9.84. The van der Waals surface area contributed by atoms with E-state index in [2.05, 4.69) is 26.0 Å². The lowest BCUT2D eigenvalue weighted by atomic mass is 10.1. The predicted octanol–water partition coefficient (Wildman–Crippen LogP) is 2.35. The topological polar surface area (TPSA) is 93.7 Å². The zero-order valence-corrected chi connectivity index (χ0v) is 17.6. The standard InChI is InChI=1S/C18H21BrN2O5S/c1-20-27(23,24)13-5-6-15(19)14(11-13)18(22)21-9-8-12-4-7-16(25-2)17(10-12)26-3/h4-7,10-11,20H,8-9H2,1-3H3,(H,21,22). The number of nitrogens with one attached hydrogen (secondary N) is 2. The van der Waals surface area contributed by atoms with Crippen LogP contribution in [-0.4, -0.2) is 42.1 Å². The first-order chi connectivity index (χ1) is 12.8. The summed E-state index contributed by atoms with van der Waals surface area (Å²) in [4.78, 5) is 12.5. The summed E-state index contributed by atoms with van der Waals surface area (Å²) >= 11 is 3.28. The molecule has 2 rings (SSSR count). The quantitative estimate of drug-likeness (QED) is 0.635. The molecule has 0 fully saturated rings. The Morgan fingerprint density at radius 2 is 1.78 bits per heavy atom. The highest BCUT2D eigenvalue weighted by molar-refractivity contribution is 9.10. The number of amides is 1. The minimum atomic E-state index is -3.63. The van der Waals surface area contributed by atoms with E-state index in [1.165, 1.54) is 25.2 Å². The summed E-state index contributed by atoms with van der Waals surface area (Å²) in [6.45, 7) is 0.379. The van der Waals surface area contributed by atoms with E-state index in [0.29, 0.717) is 28.9 Å². The van der Waals surface area contributed by atoms with Crippen molar-refractivity contribution in [1.82, 2.24) is 10.0 Å². The van der Waals surface area contributed by atoms with Crippen LogP contribution in [0.15, 0.2) is 45.8 Å². The minimum absolute atomic E-state index is 0.0261. The molecule has 0 bridgehead atoms. The van der Waals surface area contributed by atoms with Crippen LogP contribution >= 0.6 is 15.9 Å². The molecule has 9 heteroatoms. The lowest BCUT2D eigenvalue weighted by Crippen LogP contribution is -2.26. The number of sulfonamides is 1. The first-order valence-electron chi connectivity index (χ1n) is 8.04. The van der Waals surface area contributed by atoms with Crippen molar-refractivity contribution in [2.75, 3.05) is 27.8 Å². The van der Waals surface area contributed by atoms with Gasteiger partial charge in [-0.05, 0) is 65.3 Å². The average Bonchev–Trinajstić information content (AvgIpc) is 2.67. The Hall–Kier alpha value is -2.10. The number of hydrogen-bond donors (Lipinski definition) is 2. The van der Waals surface area contributed by atoms with Crippen molar-refractivity contribution in [1.29, 1.82) is 0 Å². The summed E-state index contributed by atoms with van der Waals surface area (Å²) in [7, 11) is 0.824. The van der Waals surface area contributed by atoms with Crippen molar-refractivity contribution in [3.63, 3.8) is 0 Å². The van der Waals surface area contributed by atoms with E-state index in [1.54, 1.807) is 20.3 Å². The zero-order valence-electron chi connectivity index (χ0n) is 15.2. The fourth-order valence-electron chi connectivity index (χ4n) is 2.42. The maximum Gasteiger partial charge on any atom is 0.252 e. The number of hydrogen-bond acceptors (Lipinski definition) is 5. The molecule has 2 N–H and O–H groups in total. The van der Waals surface area contributed by atoms with Gasteiger partial charge in [-0.2, -0.15) is 0 Å². The van der Waals surface area contributed by atoms with E-state index < -0.39 is 10.0 Å². The number of carbonyl (C=O) groups excluding carboxylic acids is 1. The van der Waals surface area contributed by atoms with Crippen LogP contribution < -0.4 is 19.5 Å². The monoisotopic (exact) mass is 456 g/mol. The molecule has 146 valence electrons. The fraction of sp³-hybridized carbons (Fsp3) is 0.278. The summed E-state index contributed by atoms with van der Waals surface area (Å²) in [5, 5.41) is 2.79. The third kappa shape index (κ3) is 5.21. The van der Waals surface area contributed by atoms with Crippen LogP contribution in [0, 0.1) is 0 Å². The van der Waals surface area contributed by atoms with Crippen LogP contribution in [-0.2, 0) is 16.4 Å². The van der Waals surface area contributed by atoms with Crippen molar-refractivity contribution < 1.29 is 22.7 Å². The second-order valence-electron chi connectivity index (χ2n) is 5.54. The maximum absolute atomic E-state index is 12.4. The van der Waals surface area contributed by atoms with Crippen LogP contribution in [0.4, 0.5) is 0 Å². The molecule has 2 aromatic carbocycles. The molecule has 0 aliphatic rings. The number of ether oxygens (including phenoxy) is 2. The van der Waals surface area contributed by atoms with Gasteiger partial charge in [0.05, 0.1) is 24.7 Å². The van der Waals surface area contributed by atoms with E-state index in [1.807, 2.05) is 12.1 Å². The van der Waals surface area contributed by atoms with Crippen molar-refractivity contribution in [2.45, 2.75) is 11.3 Å². The molecule has 2 aromatic rings. The zero-order chi connectivity index (χ0) is 20.0. The number of benzene rings is 2. The summed E-state index contributed by atoms with van der Waals surface area (Å²) < 4.78 is 37.0. The smallest absolute Gasteiger partial charge is 0.252 e. The van der Waals surface area contributed by atoms with Crippen molar-refractivity contribution >= 4 is 31.9 Å². The highest BCUT2D eigenvalue weighted by Gasteiger charge is 2.17. The first-order valence-corrected chi connectivity index (χ1v) is 10.3. The third-order valence-electron chi connectivity index (χ3n) is 3.91. The normalized spacial score (nSPS) is 11.1. The number of methoxy groups -OCH3 is 2. The van der Waals surface area contributed by atoms with Crippen LogP contribution in [0.25, 0.3) is 0 Å². The van der Waals surface area contributed by atoms with Crippen molar-refractivity contribution in [3.8, 4) is 11.5 Å². The van der Waals surface area contributed by atoms with Gasteiger partial charge < -0.3 is 14.8 Å². The molecule has 0 aromatic heterocycles. The van der Waals surface area contributed by atoms with Gasteiger partial charge in [0, 0.05) is 11.0 Å². The number of carbonyl (C=O) groups is 1. The lowest BCUT2D eigenvalue weighted by Gasteiger charge is -2.11. The molecule has 0 saturated carbocycles. The summed E-state index contributed by atoms with van der Waals surface area (Å²) in [5.74, 6) is 0.890. The minimum Gasteiger partial charge on any atom is -0.493 e. The first kappa shape index (κ1) is 21.2. The van der Waals surface area contributed by atoms with Gasteiger partial charge in [0.1, 0.15) is 0 Å². The molecule has 27 heavy (non-hydrogen) atoms. The molecule has 0 saturated heterocycles. The van der Waals surface area contributed by atoms with Crippen LogP contribution in [0.3, 0.4) is 0 Å². The fourth-order valence-corrected chi connectivity index (χ4v) is 3.60. The second kappa shape index (κ2) is 9.20. The molecule has 0 spiro atoms. The Bertz CT molecular complexity index is 931. The van der Waals surface area contributed by atoms with Crippen LogP contribution in [0.1, 0.15) is 15.9 Å². The van der Waals surface area contributed by atoms with E-state index in [4.69, 9.17) is 9.47 Å². The largest absolute Gasteiger partial charge is 0.493 e. The third-order valence-corrected chi connectivity index (χ3v) is 6.01. The molecule has 1 amide bonds. The van der Waals surface area contributed by atoms with Crippen LogP contribution in [0.5, 0.6) is 11.5 Å². The molecular weight excluding hydrogens is 436 g/mol. The Balaban J connectivity index is 2.07. The molecule has 0 aliphatic carbocycles. The number of rotatable bonds is 8. The Morgan fingerprint density at radius 1 is 1.07 bits per heavy atom. The SMILES string of the molecule is CNS(=O)(=O)c1ccc(Br)c(C(=O)NCCc2ccc(OC)c(OC)c2)c1. The van der Waals surface area contributed by atoms with Gasteiger partial charge in [0.2, 0.25) is 10.0 Å². The summed E-state index contributed by atoms with van der Waals surface area (Å²) in [5.41, 5.74) is 1.22. The Kier molecular flexibility index (Phi) is 7.23.